The highest BCUT2D eigenvalue weighted by atomic mass is 16.5. The van der Waals surface area contributed by atoms with E-state index in [0.717, 1.165) is 6.42 Å². The molecular formula is C23H31N5O6. The number of piperidine rings is 1. The fraction of sp³-hybridized carbons (Fsp3) is 0.565. The molecule has 2 atom stereocenters. The molecule has 184 valence electrons. The van der Waals surface area contributed by atoms with Crippen molar-refractivity contribution in [1.29, 1.82) is 0 Å². The van der Waals surface area contributed by atoms with Crippen LogP contribution < -0.4 is 15.4 Å². The van der Waals surface area contributed by atoms with Crippen LogP contribution in [-0.2, 0) is 14.3 Å². The maximum absolute atomic E-state index is 13.3. The van der Waals surface area contributed by atoms with Crippen molar-refractivity contribution in [1.82, 2.24) is 25.3 Å². The first-order chi connectivity index (χ1) is 16.5. The van der Waals surface area contributed by atoms with E-state index >= 15 is 0 Å². The molecule has 1 aromatic carbocycles. The van der Waals surface area contributed by atoms with Gasteiger partial charge in [-0.2, -0.15) is 0 Å². The number of carbonyl (C=O) groups is 4. The Morgan fingerprint density at radius 3 is 2.47 bits per heavy atom. The first-order valence-corrected chi connectivity index (χ1v) is 11.6. The van der Waals surface area contributed by atoms with Gasteiger partial charge in [0.2, 0.25) is 11.8 Å². The lowest BCUT2D eigenvalue weighted by molar-refractivity contribution is -0.133. The summed E-state index contributed by atoms with van der Waals surface area (Å²) in [6.07, 6.45) is 1.30. The predicted molar refractivity (Wildman–Crippen MR) is 121 cm³/mol. The Balaban J connectivity index is 1.52. The molecule has 34 heavy (non-hydrogen) atoms. The number of hydrogen-bond acceptors (Lipinski definition) is 6. The highest BCUT2D eigenvalue weighted by Crippen LogP contribution is 2.19. The molecule has 0 radical (unpaired) electrons. The maximum Gasteiger partial charge on any atom is 0.320 e. The van der Waals surface area contributed by atoms with Gasteiger partial charge in [0.15, 0.2) is 0 Å². The van der Waals surface area contributed by atoms with Gasteiger partial charge >= 0.3 is 6.03 Å². The van der Waals surface area contributed by atoms with Crippen molar-refractivity contribution in [3.63, 3.8) is 0 Å². The van der Waals surface area contributed by atoms with Crippen molar-refractivity contribution in [3.8, 4) is 5.75 Å². The molecule has 3 fully saturated rings. The quantitative estimate of drug-likeness (QED) is 0.618. The summed E-state index contributed by atoms with van der Waals surface area (Å²) in [7, 11) is 1.54. The zero-order valence-corrected chi connectivity index (χ0v) is 19.3. The van der Waals surface area contributed by atoms with Gasteiger partial charge in [0.05, 0.1) is 26.9 Å². The van der Waals surface area contributed by atoms with Gasteiger partial charge < -0.3 is 34.8 Å². The van der Waals surface area contributed by atoms with E-state index in [0.29, 0.717) is 57.1 Å². The van der Waals surface area contributed by atoms with E-state index < -0.39 is 18.0 Å². The summed E-state index contributed by atoms with van der Waals surface area (Å²) in [5.41, 5.74) is 0.418. The smallest absolute Gasteiger partial charge is 0.320 e. The Hall–Kier alpha value is -3.34. The molecule has 11 nitrogen and oxygen atoms in total. The van der Waals surface area contributed by atoms with E-state index in [1.807, 2.05) is 0 Å². The first-order valence-electron chi connectivity index (χ1n) is 11.6. The van der Waals surface area contributed by atoms with Crippen LogP contribution in [0, 0.1) is 0 Å². The predicted octanol–water partition coefficient (Wildman–Crippen LogP) is -0.331. The number of rotatable bonds is 4. The maximum atomic E-state index is 13.3. The number of piperazine rings is 1. The van der Waals surface area contributed by atoms with Crippen molar-refractivity contribution >= 4 is 23.8 Å². The average molecular weight is 474 g/mol. The normalized spacial score (nSPS) is 23.2. The van der Waals surface area contributed by atoms with Crippen molar-refractivity contribution in [3.05, 3.63) is 29.8 Å². The van der Waals surface area contributed by atoms with Gasteiger partial charge in [-0.25, -0.2) is 4.79 Å². The van der Waals surface area contributed by atoms with Crippen molar-refractivity contribution in [2.75, 3.05) is 59.6 Å². The van der Waals surface area contributed by atoms with Crippen LogP contribution in [0.5, 0.6) is 5.75 Å². The third kappa shape index (κ3) is 5.24. The molecule has 3 aliphatic rings. The zero-order chi connectivity index (χ0) is 24.1. The lowest BCUT2D eigenvalue weighted by Gasteiger charge is -2.43. The Morgan fingerprint density at radius 2 is 1.79 bits per heavy atom. The topological polar surface area (TPSA) is 121 Å². The molecule has 2 N–H and O–H groups in total. The summed E-state index contributed by atoms with van der Waals surface area (Å²) in [4.78, 5) is 56.7. The van der Waals surface area contributed by atoms with Crippen LogP contribution in [0.1, 0.15) is 23.2 Å². The molecule has 2 unspecified atom stereocenters. The van der Waals surface area contributed by atoms with Crippen LogP contribution in [0.25, 0.3) is 0 Å². The Labute approximate surface area is 198 Å². The fourth-order valence-electron chi connectivity index (χ4n) is 4.46. The van der Waals surface area contributed by atoms with Gasteiger partial charge in [-0.05, 0) is 37.1 Å². The van der Waals surface area contributed by atoms with Crippen LogP contribution >= 0.6 is 0 Å². The summed E-state index contributed by atoms with van der Waals surface area (Å²) in [5.74, 6) is -0.363. The van der Waals surface area contributed by atoms with E-state index in [9.17, 15) is 19.2 Å². The summed E-state index contributed by atoms with van der Waals surface area (Å²) in [6.45, 7) is 3.08. The second-order valence-electron chi connectivity index (χ2n) is 8.57. The number of morpholine rings is 1. The van der Waals surface area contributed by atoms with Crippen LogP contribution in [0.2, 0.25) is 0 Å². The standard InChI is InChI=1S/C23H31N5O6/c1-33-17-6-4-16(5-7-17)22(31)28-10-9-27(23(32)26-11-13-34-14-12-26)15-19(28)21(30)25-18-3-2-8-24-20(18)29/h4-7,18-19H,2-3,8-15H2,1H3,(H,24,29)(H,25,30). The second kappa shape index (κ2) is 10.7. The minimum atomic E-state index is -0.914. The molecule has 0 bridgehead atoms. The van der Waals surface area contributed by atoms with E-state index in [4.69, 9.17) is 9.47 Å². The molecule has 3 heterocycles. The van der Waals surface area contributed by atoms with Gasteiger partial charge in [-0.15, -0.1) is 0 Å². The molecule has 0 aromatic heterocycles. The molecule has 11 heteroatoms. The minimum Gasteiger partial charge on any atom is -0.497 e. The fourth-order valence-corrected chi connectivity index (χ4v) is 4.46. The highest BCUT2D eigenvalue weighted by Gasteiger charge is 2.40. The number of nitrogens with one attached hydrogen (secondary N) is 2. The Morgan fingerprint density at radius 1 is 1.06 bits per heavy atom. The lowest BCUT2D eigenvalue weighted by Crippen LogP contribution is -2.65. The summed E-state index contributed by atoms with van der Waals surface area (Å²) in [5, 5.41) is 5.55. The van der Waals surface area contributed by atoms with Crippen LogP contribution in [0.3, 0.4) is 0 Å². The van der Waals surface area contributed by atoms with Gasteiger partial charge in [0, 0.05) is 38.3 Å². The molecule has 1 aromatic rings. The van der Waals surface area contributed by atoms with Gasteiger partial charge in [-0.3, -0.25) is 14.4 Å². The zero-order valence-electron chi connectivity index (χ0n) is 19.3. The van der Waals surface area contributed by atoms with E-state index in [2.05, 4.69) is 10.6 Å². The molecule has 5 amide bonds. The van der Waals surface area contributed by atoms with Gasteiger partial charge in [0.1, 0.15) is 17.8 Å². The SMILES string of the molecule is COc1ccc(C(=O)N2CCN(C(=O)N3CCOCC3)CC2C(=O)NC2CCCNC2=O)cc1. The van der Waals surface area contributed by atoms with Gasteiger partial charge in [-0.1, -0.05) is 0 Å². The second-order valence-corrected chi connectivity index (χ2v) is 8.57. The van der Waals surface area contributed by atoms with E-state index in [1.54, 1.807) is 41.2 Å². The third-order valence-corrected chi connectivity index (χ3v) is 6.43. The molecular weight excluding hydrogens is 442 g/mol. The highest BCUT2D eigenvalue weighted by molar-refractivity contribution is 5.99. The Bertz CT molecular complexity index is 917. The van der Waals surface area contributed by atoms with Crippen molar-refractivity contribution < 1.29 is 28.7 Å². The largest absolute Gasteiger partial charge is 0.497 e. The average Bonchev–Trinajstić information content (AvgIpc) is 2.89. The monoisotopic (exact) mass is 473 g/mol. The Kier molecular flexibility index (Phi) is 7.51. The lowest BCUT2D eigenvalue weighted by atomic mass is 10.0. The molecule has 0 saturated carbocycles. The number of ether oxygens (including phenoxy) is 2. The number of amides is 5. The first kappa shape index (κ1) is 23.8. The summed E-state index contributed by atoms with van der Waals surface area (Å²) in [6, 6.07) is 4.94. The van der Waals surface area contributed by atoms with Crippen LogP contribution in [-0.4, -0.2) is 110 Å². The summed E-state index contributed by atoms with van der Waals surface area (Å²) < 4.78 is 10.5. The van der Waals surface area contributed by atoms with Gasteiger partial charge in [0.25, 0.3) is 5.91 Å². The minimum absolute atomic E-state index is 0.0538. The molecule has 3 saturated heterocycles. The van der Waals surface area contributed by atoms with Crippen LogP contribution in [0.15, 0.2) is 24.3 Å². The van der Waals surface area contributed by atoms with Crippen molar-refractivity contribution in [2.45, 2.75) is 24.9 Å². The number of nitrogens with zero attached hydrogens (tertiary/aromatic N) is 3. The summed E-state index contributed by atoms with van der Waals surface area (Å²) >= 11 is 0. The molecule has 0 spiro atoms. The van der Waals surface area contributed by atoms with E-state index in [-0.39, 0.29) is 30.9 Å². The molecule has 3 aliphatic heterocycles. The number of urea groups is 1. The molecule has 0 aliphatic carbocycles. The number of methoxy groups -OCH3 is 1. The van der Waals surface area contributed by atoms with Crippen LogP contribution in [0.4, 0.5) is 4.79 Å². The number of carbonyl (C=O) groups excluding carboxylic acids is 4. The molecule has 4 rings (SSSR count). The van der Waals surface area contributed by atoms with Crippen molar-refractivity contribution in [2.24, 2.45) is 0 Å². The van der Waals surface area contributed by atoms with E-state index in [1.165, 1.54) is 4.90 Å². The number of hydrogen-bond donors (Lipinski definition) is 2. The third-order valence-electron chi connectivity index (χ3n) is 6.43. The number of benzene rings is 1.